The first kappa shape index (κ1) is 17.9. The van der Waals surface area contributed by atoms with Crippen LogP contribution in [0.15, 0.2) is 53.6 Å². The van der Waals surface area contributed by atoms with Crippen LogP contribution in [0.5, 0.6) is 0 Å². The summed E-state index contributed by atoms with van der Waals surface area (Å²) in [6.45, 7) is 0. The molecule has 132 valence electrons. The van der Waals surface area contributed by atoms with Crippen molar-refractivity contribution in [3.05, 3.63) is 70.9 Å². The number of hydrogen-bond donors (Lipinski definition) is 2. The Bertz CT molecular complexity index is 1120. The van der Waals surface area contributed by atoms with Crippen molar-refractivity contribution < 1.29 is 17.2 Å². The molecular weight excluding hydrogens is 384 g/mol. The molecule has 1 aromatic heterocycles. The summed E-state index contributed by atoms with van der Waals surface area (Å²) in [5.41, 5.74) is 0.551. The largest absolute Gasteiger partial charge is 0.360 e. The number of nitrogens with one attached hydrogen (secondary N) is 2. The Morgan fingerprint density at radius 2 is 1.81 bits per heavy atom. The van der Waals surface area contributed by atoms with E-state index in [4.69, 9.17) is 16.9 Å². The van der Waals surface area contributed by atoms with Gasteiger partial charge in [-0.3, -0.25) is 4.72 Å². The molecule has 0 saturated heterocycles. The van der Waals surface area contributed by atoms with E-state index in [0.29, 0.717) is 11.3 Å². The minimum Gasteiger partial charge on any atom is -0.360 e. The van der Waals surface area contributed by atoms with Crippen LogP contribution in [-0.4, -0.2) is 13.4 Å². The molecule has 0 radical (unpaired) electrons. The van der Waals surface area contributed by atoms with E-state index >= 15 is 0 Å². The first-order valence-electron chi connectivity index (χ1n) is 7.16. The summed E-state index contributed by atoms with van der Waals surface area (Å²) in [5.74, 6) is -1.34. The van der Waals surface area contributed by atoms with Crippen molar-refractivity contribution in [3.63, 3.8) is 0 Å². The SMILES string of the molecule is N#Cc1cc(F)c(NS(=O)(=O)c2c[nH]c(-c3ccc(F)cc3)c2)cc1Cl. The van der Waals surface area contributed by atoms with Gasteiger partial charge in [0.25, 0.3) is 10.0 Å². The fraction of sp³-hybridized carbons (Fsp3) is 0. The number of aromatic amines is 1. The maximum atomic E-state index is 14.0. The first-order chi connectivity index (χ1) is 12.3. The van der Waals surface area contributed by atoms with Gasteiger partial charge in [0.1, 0.15) is 22.6 Å². The highest BCUT2D eigenvalue weighted by atomic mass is 35.5. The lowest BCUT2D eigenvalue weighted by Crippen LogP contribution is -2.13. The Morgan fingerprint density at radius 1 is 1.12 bits per heavy atom. The molecule has 0 unspecified atom stereocenters. The molecule has 3 rings (SSSR count). The van der Waals surface area contributed by atoms with Gasteiger partial charge in [0.2, 0.25) is 0 Å². The maximum absolute atomic E-state index is 14.0. The molecule has 1 heterocycles. The van der Waals surface area contributed by atoms with Crippen LogP contribution < -0.4 is 4.72 Å². The maximum Gasteiger partial charge on any atom is 0.263 e. The lowest BCUT2D eigenvalue weighted by atomic mass is 10.1. The highest BCUT2D eigenvalue weighted by Crippen LogP contribution is 2.27. The van der Waals surface area contributed by atoms with Crippen LogP contribution in [-0.2, 0) is 10.0 Å². The number of aromatic nitrogens is 1. The van der Waals surface area contributed by atoms with Crippen molar-refractivity contribution in [2.75, 3.05) is 4.72 Å². The summed E-state index contributed by atoms with van der Waals surface area (Å²) in [5, 5.41) is 8.73. The third-order valence-corrected chi connectivity index (χ3v) is 5.20. The van der Waals surface area contributed by atoms with Crippen molar-refractivity contribution in [3.8, 4) is 17.3 Å². The van der Waals surface area contributed by atoms with E-state index in [1.165, 1.54) is 36.5 Å². The Morgan fingerprint density at radius 3 is 2.46 bits per heavy atom. The molecule has 0 saturated carbocycles. The van der Waals surface area contributed by atoms with E-state index in [9.17, 15) is 17.2 Å². The molecule has 0 spiro atoms. The van der Waals surface area contributed by atoms with Crippen LogP contribution in [0.1, 0.15) is 5.56 Å². The van der Waals surface area contributed by atoms with Gasteiger partial charge in [-0.05, 0) is 48.0 Å². The average molecular weight is 394 g/mol. The Hall–Kier alpha value is -2.89. The second kappa shape index (κ2) is 6.78. The van der Waals surface area contributed by atoms with Gasteiger partial charge in [-0.25, -0.2) is 17.2 Å². The number of nitrogens with zero attached hydrogens (tertiary/aromatic N) is 1. The Labute approximate surface area is 152 Å². The van der Waals surface area contributed by atoms with Crippen LogP contribution in [0.3, 0.4) is 0 Å². The molecule has 0 atom stereocenters. The molecule has 0 aliphatic carbocycles. The van der Waals surface area contributed by atoms with Crippen LogP contribution in [0.25, 0.3) is 11.3 Å². The third-order valence-electron chi connectivity index (χ3n) is 3.54. The lowest BCUT2D eigenvalue weighted by Gasteiger charge is -2.08. The van der Waals surface area contributed by atoms with Gasteiger partial charge in [0.15, 0.2) is 0 Å². The predicted molar refractivity (Wildman–Crippen MR) is 93.1 cm³/mol. The molecule has 0 bridgehead atoms. The van der Waals surface area contributed by atoms with Gasteiger partial charge in [-0.15, -0.1) is 0 Å². The van der Waals surface area contributed by atoms with Crippen molar-refractivity contribution >= 4 is 27.3 Å². The summed E-state index contributed by atoms with van der Waals surface area (Å²) in [6, 6.07) is 10.4. The molecule has 0 aliphatic heterocycles. The van der Waals surface area contributed by atoms with Gasteiger partial charge < -0.3 is 4.98 Å². The van der Waals surface area contributed by atoms with Gasteiger partial charge in [0, 0.05) is 11.9 Å². The zero-order valence-electron chi connectivity index (χ0n) is 12.9. The molecule has 0 amide bonds. The number of halogens is 3. The number of anilines is 1. The summed E-state index contributed by atoms with van der Waals surface area (Å²) in [4.78, 5) is 2.63. The monoisotopic (exact) mass is 393 g/mol. The van der Waals surface area contributed by atoms with Crippen molar-refractivity contribution in [1.29, 1.82) is 5.26 Å². The van der Waals surface area contributed by atoms with Crippen LogP contribution in [0.2, 0.25) is 5.02 Å². The zero-order valence-corrected chi connectivity index (χ0v) is 14.5. The molecular formula is C17H10ClF2N3O2S. The predicted octanol–water partition coefficient (Wildman–Crippen LogP) is 4.29. The highest BCUT2D eigenvalue weighted by Gasteiger charge is 2.20. The number of hydrogen-bond acceptors (Lipinski definition) is 3. The fourth-order valence-electron chi connectivity index (χ4n) is 2.24. The molecule has 2 aromatic carbocycles. The van der Waals surface area contributed by atoms with E-state index in [2.05, 4.69) is 9.71 Å². The number of H-pyrrole nitrogens is 1. The second-order valence-electron chi connectivity index (χ2n) is 5.29. The highest BCUT2D eigenvalue weighted by molar-refractivity contribution is 7.92. The number of rotatable bonds is 4. The number of benzene rings is 2. The number of nitriles is 1. The normalized spacial score (nSPS) is 11.2. The molecule has 2 N–H and O–H groups in total. The van der Waals surface area contributed by atoms with Crippen molar-refractivity contribution in [2.24, 2.45) is 0 Å². The smallest absolute Gasteiger partial charge is 0.263 e. The van der Waals surface area contributed by atoms with E-state index in [-0.39, 0.29) is 21.2 Å². The van der Waals surface area contributed by atoms with Crippen LogP contribution in [0.4, 0.5) is 14.5 Å². The standard InChI is InChI=1S/C17H10ClF2N3O2S/c18-14-7-17(15(20)5-11(14)8-21)23-26(24,25)13-6-16(22-9-13)10-1-3-12(19)4-2-10/h1-7,9,22-23H. The zero-order chi connectivity index (χ0) is 18.9. The minimum absolute atomic E-state index is 0.0762. The van der Waals surface area contributed by atoms with Crippen molar-refractivity contribution in [2.45, 2.75) is 4.90 Å². The topological polar surface area (TPSA) is 85.8 Å². The molecule has 9 heteroatoms. The quantitative estimate of drug-likeness (QED) is 0.693. The molecule has 0 aliphatic rings. The summed E-state index contributed by atoms with van der Waals surface area (Å²) < 4.78 is 54.0. The summed E-state index contributed by atoms with van der Waals surface area (Å²) >= 11 is 5.81. The molecule has 26 heavy (non-hydrogen) atoms. The van der Waals surface area contributed by atoms with Gasteiger partial charge in [-0.1, -0.05) is 11.6 Å². The van der Waals surface area contributed by atoms with Gasteiger partial charge in [0.05, 0.1) is 16.3 Å². The first-order valence-corrected chi connectivity index (χ1v) is 9.02. The fourth-order valence-corrected chi connectivity index (χ4v) is 3.50. The van der Waals surface area contributed by atoms with E-state index in [1.807, 2.05) is 0 Å². The van der Waals surface area contributed by atoms with E-state index in [0.717, 1.165) is 12.1 Å². The summed E-state index contributed by atoms with van der Waals surface area (Å²) in [6.07, 6.45) is 1.23. The third kappa shape index (κ3) is 3.54. The van der Waals surface area contributed by atoms with Crippen LogP contribution in [0, 0.1) is 23.0 Å². The van der Waals surface area contributed by atoms with Gasteiger partial charge >= 0.3 is 0 Å². The van der Waals surface area contributed by atoms with E-state index < -0.39 is 21.7 Å². The van der Waals surface area contributed by atoms with Gasteiger partial charge in [-0.2, -0.15) is 5.26 Å². The number of sulfonamides is 1. The lowest BCUT2D eigenvalue weighted by molar-refractivity contribution is 0.598. The second-order valence-corrected chi connectivity index (χ2v) is 7.37. The van der Waals surface area contributed by atoms with E-state index in [1.54, 1.807) is 6.07 Å². The Balaban J connectivity index is 1.91. The van der Waals surface area contributed by atoms with Crippen molar-refractivity contribution in [1.82, 2.24) is 4.98 Å². The minimum atomic E-state index is -4.10. The molecule has 5 nitrogen and oxygen atoms in total. The Kier molecular flexibility index (Phi) is 4.68. The van der Waals surface area contributed by atoms with Crippen LogP contribution >= 0.6 is 11.6 Å². The summed E-state index contributed by atoms with van der Waals surface area (Å²) in [7, 11) is -4.10. The molecule has 0 fully saturated rings. The average Bonchev–Trinajstić information content (AvgIpc) is 3.09. The molecule has 3 aromatic rings.